The number of carbonyl (C=O) groups excluding carboxylic acids is 3. The molecule has 0 unspecified atom stereocenters. The van der Waals surface area contributed by atoms with Crippen LogP contribution in [0.25, 0.3) is 0 Å². The summed E-state index contributed by atoms with van der Waals surface area (Å²) in [5.41, 5.74) is -0.213. The first-order valence-electron chi connectivity index (χ1n) is 9.14. The van der Waals surface area contributed by atoms with Crippen LogP contribution in [0.5, 0.6) is 0 Å². The quantitative estimate of drug-likeness (QED) is 0.133. The van der Waals surface area contributed by atoms with Crippen LogP contribution in [0, 0.1) is 10.1 Å². The highest BCUT2D eigenvalue weighted by Gasteiger charge is 2.28. The molecular formula is C18H21N3O8S. The Labute approximate surface area is 176 Å². The normalized spacial score (nSPS) is 14.2. The van der Waals surface area contributed by atoms with E-state index < -0.39 is 34.3 Å². The summed E-state index contributed by atoms with van der Waals surface area (Å²) in [4.78, 5) is 51.2. The molecule has 1 fully saturated rings. The van der Waals surface area contributed by atoms with Gasteiger partial charge >= 0.3 is 11.9 Å². The van der Waals surface area contributed by atoms with E-state index in [0.717, 1.165) is 24.8 Å². The van der Waals surface area contributed by atoms with Crippen LogP contribution in [0.4, 0.5) is 5.69 Å². The number of rotatable bonds is 10. The molecule has 0 spiro atoms. The van der Waals surface area contributed by atoms with Gasteiger partial charge in [-0.1, -0.05) is 5.16 Å². The second-order valence-electron chi connectivity index (χ2n) is 6.03. The van der Waals surface area contributed by atoms with Gasteiger partial charge in [-0.15, -0.1) is 0 Å². The number of non-ortho nitro benzene ring substituents is 1. The van der Waals surface area contributed by atoms with Gasteiger partial charge in [0.1, 0.15) is 6.61 Å². The molecule has 1 aliphatic rings. The topological polar surface area (TPSA) is 138 Å². The first-order valence-corrected chi connectivity index (χ1v) is 9.91. The monoisotopic (exact) mass is 439 g/mol. The molecule has 30 heavy (non-hydrogen) atoms. The Morgan fingerprint density at radius 1 is 1.17 bits per heavy atom. The summed E-state index contributed by atoms with van der Waals surface area (Å²) >= 11 is 0.831. The molecule has 11 nitrogen and oxygen atoms in total. The molecule has 0 bridgehead atoms. The molecule has 0 N–H and O–H groups in total. The van der Waals surface area contributed by atoms with Crippen molar-refractivity contribution in [3.63, 3.8) is 0 Å². The van der Waals surface area contributed by atoms with Gasteiger partial charge in [0.15, 0.2) is 0 Å². The zero-order valence-corrected chi connectivity index (χ0v) is 17.1. The van der Waals surface area contributed by atoms with Crippen LogP contribution in [0.3, 0.4) is 0 Å². The molecule has 1 aromatic rings. The van der Waals surface area contributed by atoms with Crippen LogP contribution >= 0.6 is 11.9 Å². The van der Waals surface area contributed by atoms with Crippen molar-refractivity contribution in [2.24, 2.45) is 5.16 Å². The number of esters is 2. The summed E-state index contributed by atoms with van der Waals surface area (Å²) in [5, 5.41) is 13.5. The largest absolute Gasteiger partial charge is 0.463 e. The molecule has 0 aliphatic carbocycles. The van der Waals surface area contributed by atoms with Crippen molar-refractivity contribution in [2.75, 3.05) is 26.3 Å². The molecule has 1 aliphatic heterocycles. The highest BCUT2D eigenvalue weighted by Crippen LogP contribution is 2.20. The van der Waals surface area contributed by atoms with E-state index in [4.69, 9.17) is 9.57 Å². The molecule has 0 saturated carbocycles. The van der Waals surface area contributed by atoms with Gasteiger partial charge in [-0.2, -0.15) is 0 Å². The van der Waals surface area contributed by atoms with E-state index in [1.54, 1.807) is 11.2 Å². The summed E-state index contributed by atoms with van der Waals surface area (Å²) in [6, 6.07) is 5.41. The zero-order chi connectivity index (χ0) is 21.9. The van der Waals surface area contributed by atoms with Crippen LogP contribution in [0.1, 0.15) is 25.3 Å². The maximum atomic E-state index is 12.5. The molecule has 1 aromatic carbocycles. The number of hydrogen-bond donors (Lipinski definition) is 0. The van der Waals surface area contributed by atoms with Gasteiger partial charge < -0.3 is 14.3 Å². The second-order valence-corrected chi connectivity index (χ2v) is 7.10. The Hall–Kier alpha value is -2.99. The van der Waals surface area contributed by atoms with Gasteiger partial charge in [-0.3, -0.25) is 14.9 Å². The van der Waals surface area contributed by atoms with E-state index in [-0.39, 0.29) is 18.9 Å². The lowest BCUT2D eigenvalue weighted by atomic mass is 10.2. The first-order chi connectivity index (χ1) is 14.4. The highest BCUT2D eigenvalue weighted by molar-refractivity contribution is 8.13. The maximum Gasteiger partial charge on any atom is 0.365 e. The number of hydrogen-bond acceptors (Lipinski definition) is 11. The summed E-state index contributed by atoms with van der Waals surface area (Å²) in [5.74, 6) is -1.73. The minimum atomic E-state index is -1.03. The molecule has 0 aromatic heterocycles. The first kappa shape index (κ1) is 23.3. The van der Waals surface area contributed by atoms with Crippen LogP contribution in [0.2, 0.25) is 0 Å². The molecule has 0 radical (unpaired) electrons. The number of nitro benzene ring substituents is 1. The SMILES string of the molecule is CCOC(=O)CO/N=C(\C(=O)OCc1ccc([N+](=O)[O-])cc1)C(=O)SN1CCCC1. The summed E-state index contributed by atoms with van der Waals surface area (Å²) < 4.78 is 11.6. The predicted molar refractivity (Wildman–Crippen MR) is 106 cm³/mol. The Bertz CT molecular complexity index is 806. The van der Waals surface area contributed by atoms with Gasteiger partial charge in [0.25, 0.3) is 10.8 Å². The fourth-order valence-corrected chi connectivity index (χ4v) is 3.26. The van der Waals surface area contributed by atoms with Crippen molar-refractivity contribution in [2.45, 2.75) is 26.4 Å². The molecule has 12 heteroatoms. The standard InChI is InChI=1S/C18H21N3O8S/c1-2-27-15(22)12-29-19-16(18(24)30-20-9-3-4-10-20)17(23)28-11-13-5-7-14(8-6-13)21(25)26/h5-8H,2-4,9-12H2,1H3/b19-16+. The average molecular weight is 439 g/mol. The molecule has 2 rings (SSSR count). The maximum absolute atomic E-state index is 12.5. The molecule has 0 amide bonds. The van der Waals surface area contributed by atoms with Crippen molar-refractivity contribution in [3.8, 4) is 0 Å². The van der Waals surface area contributed by atoms with Gasteiger partial charge in [0, 0.05) is 37.2 Å². The molecular weight excluding hydrogens is 418 g/mol. The molecule has 1 saturated heterocycles. The van der Waals surface area contributed by atoms with Gasteiger partial charge in [0.2, 0.25) is 12.3 Å². The minimum absolute atomic E-state index is 0.100. The van der Waals surface area contributed by atoms with Crippen molar-refractivity contribution < 1.29 is 33.6 Å². The van der Waals surface area contributed by atoms with E-state index in [1.807, 2.05) is 0 Å². The fourth-order valence-electron chi connectivity index (χ4n) is 2.38. The number of carbonyl (C=O) groups is 3. The third-order valence-electron chi connectivity index (χ3n) is 3.82. The zero-order valence-electron chi connectivity index (χ0n) is 16.3. The number of nitrogens with zero attached hydrogens (tertiary/aromatic N) is 3. The molecule has 1 heterocycles. The third kappa shape index (κ3) is 7.44. The van der Waals surface area contributed by atoms with Crippen molar-refractivity contribution >= 4 is 40.4 Å². The summed E-state index contributed by atoms with van der Waals surface area (Å²) in [6.45, 7) is 2.39. The summed E-state index contributed by atoms with van der Waals surface area (Å²) in [7, 11) is 0. The third-order valence-corrected chi connectivity index (χ3v) is 4.81. The summed E-state index contributed by atoms with van der Waals surface area (Å²) in [6.07, 6.45) is 1.88. The number of ether oxygens (including phenoxy) is 2. The van der Waals surface area contributed by atoms with Crippen LogP contribution in [-0.2, 0) is 35.3 Å². The van der Waals surface area contributed by atoms with E-state index >= 15 is 0 Å². The van der Waals surface area contributed by atoms with E-state index in [9.17, 15) is 24.5 Å². The lowest BCUT2D eigenvalue weighted by Crippen LogP contribution is -2.28. The van der Waals surface area contributed by atoms with Gasteiger partial charge in [-0.05, 0) is 37.5 Å². The smallest absolute Gasteiger partial charge is 0.365 e. The number of nitro groups is 1. The average Bonchev–Trinajstić information content (AvgIpc) is 3.22. The van der Waals surface area contributed by atoms with Crippen molar-refractivity contribution in [1.29, 1.82) is 0 Å². The Morgan fingerprint density at radius 3 is 2.43 bits per heavy atom. The van der Waals surface area contributed by atoms with Gasteiger partial charge in [-0.25, -0.2) is 13.9 Å². The Morgan fingerprint density at radius 2 is 1.83 bits per heavy atom. The fraction of sp³-hybridized carbons (Fsp3) is 0.444. The molecule has 162 valence electrons. The second kappa shape index (κ2) is 11.9. The lowest BCUT2D eigenvalue weighted by molar-refractivity contribution is -0.384. The van der Waals surface area contributed by atoms with Crippen molar-refractivity contribution in [1.82, 2.24) is 4.31 Å². The van der Waals surface area contributed by atoms with Crippen LogP contribution in [-0.4, -0.2) is 58.3 Å². The number of oxime groups is 1. The lowest BCUT2D eigenvalue weighted by Gasteiger charge is -2.12. The van der Waals surface area contributed by atoms with Crippen LogP contribution in [0.15, 0.2) is 29.4 Å². The highest BCUT2D eigenvalue weighted by atomic mass is 32.2. The van der Waals surface area contributed by atoms with Crippen molar-refractivity contribution in [3.05, 3.63) is 39.9 Å². The Balaban J connectivity index is 2.01. The van der Waals surface area contributed by atoms with E-state index in [0.29, 0.717) is 18.7 Å². The molecule has 0 atom stereocenters. The van der Waals surface area contributed by atoms with Gasteiger partial charge in [0.05, 0.1) is 11.5 Å². The van der Waals surface area contributed by atoms with E-state index in [2.05, 4.69) is 9.89 Å². The predicted octanol–water partition coefficient (Wildman–Crippen LogP) is 1.84. The van der Waals surface area contributed by atoms with E-state index in [1.165, 1.54) is 24.3 Å². The van der Waals surface area contributed by atoms with Crippen LogP contribution < -0.4 is 0 Å². The minimum Gasteiger partial charge on any atom is -0.463 e. The number of benzene rings is 1. The Kier molecular flexibility index (Phi) is 9.22.